The molecule has 0 bridgehead atoms. The molecule has 2 fully saturated rings. The van der Waals surface area contributed by atoms with Crippen molar-refractivity contribution in [2.45, 2.75) is 63.9 Å². The van der Waals surface area contributed by atoms with Crippen molar-refractivity contribution in [2.75, 3.05) is 0 Å². The maximum atomic E-state index is 11.0. The lowest BCUT2D eigenvalue weighted by Crippen LogP contribution is -2.33. The van der Waals surface area contributed by atoms with Gasteiger partial charge in [0.25, 0.3) is 0 Å². The van der Waals surface area contributed by atoms with Gasteiger partial charge < -0.3 is 9.79 Å². The largest absolute Gasteiger partial charge is 0.469 e. The molecule has 2 saturated carbocycles. The average Bonchev–Trinajstić information content (AvgIpc) is 2.29. The molecule has 2 atom stereocenters. The molecule has 2 rings (SSSR count). The minimum atomic E-state index is -4.32. The van der Waals surface area contributed by atoms with Gasteiger partial charge in [-0.25, -0.2) is 4.57 Å². The molecule has 0 saturated heterocycles. The zero-order valence-electron chi connectivity index (χ0n) is 10.3. The number of hydrogen-bond donors (Lipinski definition) is 2. The summed E-state index contributed by atoms with van der Waals surface area (Å²) < 4.78 is 16.0. The van der Waals surface area contributed by atoms with Gasteiger partial charge in [-0.15, -0.1) is 0 Å². The van der Waals surface area contributed by atoms with Gasteiger partial charge in [0.1, 0.15) is 0 Å². The van der Waals surface area contributed by atoms with Crippen LogP contribution in [0, 0.1) is 11.8 Å². The van der Waals surface area contributed by atoms with E-state index in [0.29, 0.717) is 11.8 Å². The van der Waals surface area contributed by atoms with Crippen LogP contribution in [0.15, 0.2) is 0 Å². The summed E-state index contributed by atoms with van der Waals surface area (Å²) in [5.41, 5.74) is 0. The predicted molar refractivity (Wildman–Crippen MR) is 65.5 cm³/mol. The molecular formula is C12H23O4P. The zero-order chi connectivity index (χ0) is 12.3. The lowest BCUT2D eigenvalue weighted by Gasteiger charge is -2.38. The van der Waals surface area contributed by atoms with Crippen molar-refractivity contribution in [2.24, 2.45) is 11.8 Å². The predicted octanol–water partition coefficient (Wildman–Crippen LogP) is 3.23. The molecule has 100 valence electrons. The van der Waals surface area contributed by atoms with Crippen molar-refractivity contribution in [1.29, 1.82) is 0 Å². The second-order valence-electron chi connectivity index (χ2n) is 5.48. The first kappa shape index (κ1) is 13.5. The molecule has 2 N–H and O–H groups in total. The topological polar surface area (TPSA) is 66.8 Å². The van der Waals surface area contributed by atoms with Crippen LogP contribution in [0.4, 0.5) is 0 Å². The van der Waals surface area contributed by atoms with Crippen LogP contribution in [0.25, 0.3) is 0 Å². The summed E-state index contributed by atoms with van der Waals surface area (Å²) in [6.07, 6.45) is 10.2. The number of phosphoric ester groups is 1. The van der Waals surface area contributed by atoms with Crippen molar-refractivity contribution in [1.82, 2.24) is 0 Å². The summed E-state index contributed by atoms with van der Waals surface area (Å²) >= 11 is 0. The van der Waals surface area contributed by atoms with E-state index in [9.17, 15) is 4.57 Å². The van der Waals surface area contributed by atoms with Gasteiger partial charge in [0.05, 0.1) is 6.10 Å². The van der Waals surface area contributed by atoms with Gasteiger partial charge >= 0.3 is 7.82 Å². The fourth-order valence-corrected chi connectivity index (χ4v) is 4.15. The Labute approximate surface area is 103 Å². The maximum Gasteiger partial charge on any atom is 0.469 e. The van der Waals surface area contributed by atoms with Crippen molar-refractivity contribution >= 4 is 7.82 Å². The van der Waals surface area contributed by atoms with Gasteiger partial charge in [0, 0.05) is 0 Å². The lowest BCUT2D eigenvalue weighted by atomic mass is 9.72. The van der Waals surface area contributed by atoms with E-state index in [-0.39, 0.29) is 6.10 Å². The van der Waals surface area contributed by atoms with Crippen LogP contribution in [0.1, 0.15) is 57.8 Å². The smallest absolute Gasteiger partial charge is 0.303 e. The molecule has 0 spiro atoms. The summed E-state index contributed by atoms with van der Waals surface area (Å²) in [5.74, 6) is 0.997. The third-order valence-electron chi connectivity index (χ3n) is 4.28. The Morgan fingerprint density at radius 3 is 2.12 bits per heavy atom. The van der Waals surface area contributed by atoms with Crippen LogP contribution >= 0.6 is 7.82 Å². The summed E-state index contributed by atoms with van der Waals surface area (Å²) in [6.45, 7) is 0. The molecule has 4 nitrogen and oxygen atoms in total. The van der Waals surface area contributed by atoms with Crippen LogP contribution in [0.2, 0.25) is 0 Å². The molecule has 2 unspecified atom stereocenters. The Hall–Kier alpha value is 0.110. The SMILES string of the molecule is O=P(O)(O)OC1CCCCC1C1CCCCC1. The second-order valence-corrected chi connectivity index (χ2v) is 6.67. The van der Waals surface area contributed by atoms with Crippen molar-refractivity contribution in [3.05, 3.63) is 0 Å². The van der Waals surface area contributed by atoms with E-state index in [4.69, 9.17) is 14.3 Å². The van der Waals surface area contributed by atoms with E-state index in [1.54, 1.807) is 0 Å². The Balaban J connectivity index is 1.98. The Morgan fingerprint density at radius 2 is 1.47 bits per heavy atom. The Bertz CT molecular complexity index is 282. The Morgan fingerprint density at radius 1 is 0.882 bits per heavy atom. The van der Waals surface area contributed by atoms with Gasteiger partial charge in [0.15, 0.2) is 0 Å². The van der Waals surface area contributed by atoms with Gasteiger partial charge in [0.2, 0.25) is 0 Å². The van der Waals surface area contributed by atoms with Crippen molar-refractivity contribution in [3.8, 4) is 0 Å². The average molecular weight is 262 g/mol. The molecule has 5 heteroatoms. The first-order valence-electron chi connectivity index (χ1n) is 6.80. The molecular weight excluding hydrogens is 239 g/mol. The van der Waals surface area contributed by atoms with Gasteiger partial charge in [-0.3, -0.25) is 4.52 Å². The Kier molecular flexibility index (Phi) is 4.65. The quantitative estimate of drug-likeness (QED) is 0.766. The van der Waals surface area contributed by atoms with E-state index >= 15 is 0 Å². The zero-order valence-corrected chi connectivity index (χ0v) is 11.1. The number of phosphoric acid groups is 1. The number of hydrogen-bond acceptors (Lipinski definition) is 2. The first-order chi connectivity index (χ1) is 8.06. The minimum Gasteiger partial charge on any atom is -0.303 e. The molecule has 0 aliphatic heterocycles. The normalized spacial score (nSPS) is 32.6. The van der Waals surface area contributed by atoms with E-state index in [1.807, 2.05) is 0 Å². The first-order valence-corrected chi connectivity index (χ1v) is 8.33. The highest BCUT2D eigenvalue weighted by molar-refractivity contribution is 7.46. The highest BCUT2D eigenvalue weighted by Gasteiger charge is 2.36. The maximum absolute atomic E-state index is 11.0. The summed E-state index contributed by atoms with van der Waals surface area (Å²) in [6, 6.07) is 0. The van der Waals surface area contributed by atoms with Crippen molar-refractivity contribution < 1.29 is 18.9 Å². The summed E-state index contributed by atoms with van der Waals surface area (Å²) in [5, 5.41) is 0. The highest BCUT2D eigenvalue weighted by Crippen LogP contribution is 2.46. The second kappa shape index (κ2) is 5.83. The third-order valence-corrected chi connectivity index (χ3v) is 4.83. The van der Waals surface area contributed by atoms with Gasteiger partial charge in [-0.05, 0) is 24.7 Å². The van der Waals surface area contributed by atoms with Crippen LogP contribution in [0.3, 0.4) is 0 Å². The fourth-order valence-electron chi connectivity index (χ4n) is 3.53. The molecule has 2 aliphatic carbocycles. The van der Waals surface area contributed by atoms with Crippen LogP contribution < -0.4 is 0 Å². The minimum absolute atomic E-state index is 0.215. The summed E-state index contributed by atoms with van der Waals surface area (Å²) in [7, 11) is -4.32. The molecule has 17 heavy (non-hydrogen) atoms. The van der Waals surface area contributed by atoms with Crippen LogP contribution in [-0.2, 0) is 9.09 Å². The molecule has 2 aliphatic rings. The summed E-state index contributed by atoms with van der Waals surface area (Å²) in [4.78, 5) is 17.9. The van der Waals surface area contributed by atoms with E-state index in [0.717, 1.165) is 19.3 Å². The van der Waals surface area contributed by atoms with E-state index in [1.165, 1.54) is 38.5 Å². The molecule has 0 aromatic rings. The monoisotopic (exact) mass is 262 g/mol. The van der Waals surface area contributed by atoms with Crippen LogP contribution in [0.5, 0.6) is 0 Å². The molecule has 0 radical (unpaired) electrons. The standard InChI is InChI=1S/C12H23O4P/c13-17(14,15)16-12-9-5-4-8-11(12)10-6-2-1-3-7-10/h10-12H,1-9H2,(H2,13,14,15). The molecule has 0 heterocycles. The van der Waals surface area contributed by atoms with Crippen LogP contribution in [-0.4, -0.2) is 15.9 Å². The molecule has 0 aromatic heterocycles. The highest BCUT2D eigenvalue weighted by atomic mass is 31.2. The number of rotatable bonds is 3. The molecule has 0 amide bonds. The van der Waals surface area contributed by atoms with Crippen molar-refractivity contribution in [3.63, 3.8) is 0 Å². The third kappa shape index (κ3) is 4.06. The van der Waals surface area contributed by atoms with E-state index < -0.39 is 7.82 Å². The van der Waals surface area contributed by atoms with Gasteiger partial charge in [-0.1, -0.05) is 44.9 Å². The fraction of sp³-hybridized carbons (Fsp3) is 1.00. The van der Waals surface area contributed by atoms with Gasteiger partial charge in [-0.2, -0.15) is 0 Å². The lowest BCUT2D eigenvalue weighted by molar-refractivity contribution is 0.0224. The molecule has 0 aromatic carbocycles. The van der Waals surface area contributed by atoms with E-state index in [2.05, 4.69) is 0 Å².